The van der Waals surface area contributed by atoms with Gasteiger partial charge in [0.05, 0.1) is 6.61 Å². The van der Waals surface area contributed by atoms with E-state index < -0.39 is 0 Å². The van der Waals surface area contributed by atoms with Crippen molar-refractivity contribution in [1.82, 2.24) is 0 Å². The summed E-state index contributed by atoms with van der Waals surface area (Å²) in [6.07, 6.45) is 6.17. The van der Waals surface area contributed by atoms with Gasteiger partial charge in [0.25, 0.3) is 0 Å². The number of carbonyl (C=O) groups excluding carboxylic acids is 1. The zero-order valence-electron chi connectivity index (χ0n) is 10.7. The molecule has 0 bridgehead atoms. The Labute approximate surface area is 98.1 Å². The number of rotatable bonds is 7. The lowest BCUT2D eigenvalue weighted by atomic mass is 10.1. The fourth-order valence-corrected chi connectivity index (χ4v) is 1.15. The highest BCUT2D eigenvalue weighted by Crippen LogP contribution is 2.06. The maximum absolute atomic E-state index is 10.6. The van der Waals surface area contributed by atoms with E-state index in [1.165, 1.54) is 12.5 Å². The first kappa shape index (κ1) is 14.9. The molecule has 0 saturated carbocycles. The van der Waals surface area contributed by atoms with Crippen LogP contribution in [0.4, 0.5) is 0 Å². The second-order valence-corrected chi connectivity index (χ2v) is 3.88. The normalized spacial score (nSPS) is 12.8. The highest BCUT2D eigenvalue weighted by molar-refractivity contribution is 5.66. The quantitative estimate of drug-likeness (QED) is 0.494. The summed E-state index contributed by atoms with van der Waals surface area (Å²) in [6.45, 7) is 6.55. The predicted molar refractivity (Wildman–Crippen MR) is 65.3 cm³/mol. The van der Waals surface area contributed by atoms with Crippen LogP contribution in [0, 0.1) is 0 Å². The van der Waals surface area contributed by atoms with Crippen molar-refractivity contribution in [3.05, 3.63) is 23.3 Å². The van der Waals surface area contributed by atoms with Gasteiger partial charge in [-0.3, -0.25) is 4.79 Å². The van der Waals surface area contributed by atoms with Gasteiger partial charge in [-0.25, -0.2) is 0 Å². The molecule has 92 valence electrons. The zero-order valence-corrected chi connectivity index (χ0v) is 10.7. The SMILES string of the molecule is COCC=C(C)CC/C=C(\C)COC(C)=O. The first-order valence-electron chi connectivity index (χ1n) is 5.49. The highest BCUT2D eigenvalue weighted by Gasteiger charge is 1.94. The summed E-state index contributed by atoms with van der Waals surface area (Å²) in [5.74, 6) is -0.232. The molecule has 0 saturated heterocycles. The number of esters is 1. The first-order valence-corrected chi connectivity index (χ1v) is 5.49. The fraction of sp³-hybridized carbons (Fsp3) is 0.615. The summed E-state index contributed by atoms with van der Waals surface area (Å²) in [4.78, 5) is 10.6. The topological polar surface area (TPSA) is 35.5 Å². The molecule has 16 heavy (non-hydrogen) atoms. The van der Waals surface area contributed by atoms with Crippen molar-refractivity contribution in [2.45, 2.75) is 33.6 Å². The second-order valence-electron chi connectivity index (χ2n) is 3.88. The minimum atomic E-state index is -0.232. The molecule has 0 aliphatic heterocycles. The van der Waals surface area contributed by atoms with Crippen LogP contribution in [0.2, 0.25) is 0 Å². The Morgan fingerprint density at radius 1 is 1.12 bits per heavy atom. The number of allylic oxidation sites excluding steroid dienone is 2. The van der Waals surface area contributed by atoms with E-state index in [0.717, 1.165) is 18.4 Å². The van der Waals surface area contributed by atoms with E-state index in [0.29, 0.717) is 13.2 Å². The van der Waals surface area contributed by atoms with E-state index >= 15 is 0 Å². The van der Waals surface area contributed by atoms with Gasteiger partial charge in [-0.2, -0.15) is 0 Å². The van der Waals surface area contributed by atoms with Crippen molar-refractivity contribution in [2.75, 3.05) is 20.3 Å². The number of hydrogen-bond acceptors (Lipinski definition) is 3. The third-order valence-electron chi connectivity index (χ3n) is 2.13. The van der Waals surface area contributed by atoms with Gasteiger partial charge in [0.1, 0.15) is 6.61 Å². The van der Waals surface area contributed by atoms with E-state index in [-0.39, 0.29) is 5.97 Å². The summed E-state index contributed by atoms with van der Waals surface area (Å²) in [5, 5.41) is 0. The molecule has 0 heterocycles. The summed E-state index contributed by atoms with van der Waals surface area (Å²) < 4.78 is 9.84. The summed E-state index contributed by atoms with van der Waals surface area (Å²) in [5.41, 5.74) is 2.41. The molecule has 3 heteroatoms. The van der Waals surface area contributed by atoms with Gasteiger partial charge in [0.2, 0.25) is 0 Å². The standard InChI is InChI=1S/C13H22O3/c1-11(8-9-15-4)6-5-7-12(2)10-16-13(3)14/h7-8H,5-6,9-10H2,1-4H3/b11-8?,12-7+. The Bertz CT molecular complexity index is 264. The molecule has 0 rings (SSSR count). The highest BCUT2D eigenvalue weighted by atomic mass is 16.5. The van der Waals surface area contributed by atoms with Gasteiger partial charge in [0.15, 0.2) is 0 Å². The lowest BCUT2D eigenvalue weighted by Crippen LogP contribution is -2.01. The maximum atomic E-state index is 10.6. The molecule has 0 aromatic heterocycles. The van der Waals surface area contributed by atoms with Gasteiger partial charge in [-0.05, 0) is 32.3 Å². The van der Waals surface area contributed by atoms with Crippen molar-refractivity contribution in [3.63, 3.8) is 0 Å². The largest absolute Gasteiger partial charge is 0.461 e. The zero-order chi connectivity index (χ0) is 12.4. The van der Waals surface area contributed by atoms with Crippen LogP contribution >= 0.6 is 0 Å². The van der Waals surface area contributed by atoms with E-state index in [1.807, 2.05) is 6.92 Å². The van der Waals surface area contributed by atoms with Gasteiger partial charge < -0.3 is 9.47 Å². The monoisotopic (exact) mass is 226 g/mol. The number of carbonyl (C=O) groups is 1. The molecule has 0 radical (unpaired) electrons. The van der Waals surface area contributed by atoms with E-state index in [9.17, 15) is 4.79 Å². The molecule has 0 amide bonds. The average Bonchev–Trinajstić information content (AvgIpc) is 2.23. The molecule has 0 aliphatic carbocycles. The van der Waals surface area contributed by atoms with Crippen LogP contribution < -0.4 is 0 Å². The van der Waals surface area contributed by atoms with Crippen molar-refractivity contribution in [3.8, 4) is 0 Å². The van der Waals surface area contributed by atoms with Crippen LogP contribution in [0.1, 0.15) is 33.6 Å². The van der Waals surface area contributed by atoms with Gasteiger partial charge >= 0.3 is 5.97 Å². The van der Waals surface area contributed by atoms with Crippen molar-refractivity contribution in [2.24, 2.45) is 0 Å². The summed E-state index contributed by atoms with van der Waals surface area (Å²) in [7, 11) is 1.69. The minimum absolute atomic E-state index is 0.232. The minimum Gasteiger partial charge on any atom is -0.461 e. The molecule has 0 atom stereocenters. The fourth-order valence-electron chi connectivity index (χ4n) is 1.15. The Kier molecular flexibility index (Phi) is 8.53. The van der Waals surface area contributed by atoms with E-state index in [4.69, 9.17) is 9.47 Å². The second kappa shape index (κ2) is 9.16. The van der Waals surface area contributed by atoms with Crippen molar-refractivity contribution >= 4 is 5.97 Å². The Hall–Kier alpha value is -1.09. The van der Waals surface area contributed by atoms with Crippen LogP contribution in [0.5, 0.6) is 0 Å². The van der Waals surface area contributed by atoms with Crippen LogP contribution in [-0.4, -0.2) is 26.3 Å². The summed E-state index contributed by atoms with van der Waals surface area (Å²) in [6, 6.07) is 0. The van der Waals surface area contributed by atoms with Crippen molar-refractivity contribution < 1.29 is 14.3 Å². The van der Waals surface area contributed by atoms with Crippen LogP contribution in [-0.2, 0) is 14.3 Å². The van der Waals surface area contributed by atoms with E-state index in [1.54, 1.807) is 7.11 Å². The molecular weight excluding hydrogens is 204 g/mol. The Morgan fingerprint density at radius 2 is 1.81 bits per heavy atom. The predicted octanol–water partition coefficient (Wildman–Crippen LogP) is 2.87. The third kappa shape index (κ3) is 9.46. The number of hydrogen-bond donors (Lipinski definition) is 0. The summed E-state index contributed by atoms with van der Waals surface area (Å²) >= 11 is 0. The lowest BCUT2D eigenvalue weighted by molar-refractivity contribution is -0.139. The average molecular weight is 226 g/mol. The molecule has 0 N–H and O–H groups in total. The van der Waals surface area contributed by atoms with Crippen LogP contribution in [0.15, 0.2) is 23.3 Å². The van der Waals surface area contributed by atoms with E-state index in [2.05, 4.69) is 19.1 Å². The smallest absolute Gasteiger partial charge is 0.302 e. The Morgan fingerprint density at radius 3 is 2.38 bits per heavy atom. The molecule has 0 aromatic rings. The molecule has 0 spiro atoms. The molecule has 0 unspecified atom stereocenters. The van der Waals surface area contributed by atoms with Gasteiger partial charge in [0, 0.05) is 14.0 Å². The van der Waals surface area contributed by atoms with Crippen LogP contribution in [0.3, 0.4) is 0 Å². The first-order chi connectivity index (χ1) is 7.56. The van der Waals surface area contributed by atoms with Crippen molar-refractivity contribution in [1.29, 1.82) is 0 Å². The molecule has 0 aromatic carbocycles. The Balaban J connectivity index is 3.77. The maximum Gasteiger partial charge on any atom is 0.302 e. The van der Waals surface area contributed by atoms with Crippen LogP contribution in [0.25, 0.3) is 0 Å². The molecule has 0 aliphatic rings. The van der Waals surface area contributed by atoms with Gasteiger partial charge in [-0.1, -0.05) is 17.7 Å². The lowest BCUT2D eigenvalue weighted by Gasteiger charge is -2.02. The number of methoxy groups -OCH3 is 1. The molecule has 0 fully saturated rings. The number of ether oxygens (including phenoxy) is 2. The van der Waals surface area contributed by atoms with Gasteiger partial charge in [-0.15, -0.1) is 0 Å². The third-order valence-corrected chi connectivity index (χ3v) is 2.13. The molecule has 3 nitrogen and oxygen atoms in total. The molecular formula is C13H22O3.